The van der Waals surface area contributed by atoms with Gasteiger partial charge < -0.3 is 25.5 Å². The number of hydrogen-bond acceptors (Lipinski definition) is 6. The lowest BCUT2D eigenvalue weighted by Crippen LogP contribution is -2.52. The molecular weight excluding hydrogens is 527 g/mol. The van der Waals surface area contributed by atoms with Crippen molar-refractivity contribution in [2.75, 3.05) is 18.8 Å². The Balaban J connectivity index is 1.61. The summed E-state index contributed by atoms with van der Waals surface area (Å²) in [5.74, 6) is -1.76. The Kier molecular flexibility index (Phi) is 7.09. The lowest BCUT2D eigenvalue weighted by Gasteiger charge is -2.29. The molecule has 2 atom stereocenters. The summed E-state index contributed by atoms with van der Waals surface area (Å²) in [4.78, 5) is 17.3. The van der Waals surface area contributed by atoms with Crippen molar-refractivity contribution in [1.29, 1.82) is 0 Å². The van der Waals surface area contributed by atoms with E-state index in [0.29, 0.717) is 10.9 Å². The zero-order valence-corrected chi connectivity index (χ0v) is 20.2. The molecule has 192 valence electrons. The van der Waals surface area contributed by atoms with Gasteiger partial charge in [0.25, 0.3) is 0 Å². The van der Waals surface area contributed by atoms with Gasteiger partial charge in [-0.2, -0.15) is 13.2 Å². The van der Waals surface area contributed by atoms with Crippen molar-refractivity contribution in [3.63, 3.8) is 0 Å². The van der Waals surface area contributed by atoms with Crippen molar-refractivity contribution in [2.24, 2.45) is 5.73 Å². The van der Waals surface area contributed by atoms with E-state index in [1.54, 1.807) is 13.0 Å². The van der Waals surface area contributed by atoms with Gasteiger partial charge in [-0.05, 0) is 31.1 Å². The normalized spacial score (nSPS) is 16.1. The number of anilines is 1. The number of pyridine rings is 1. The van der Waals surface area contributed by atoms with Gasteiger partial charge in [0, 0.05) is 35.4 Å². The number of alkyl halides is 3. The molecule has 36 heavy (non-hydrogen) atoms. The first kappa shape index (κ1) is 26.1. The minimum Gasteiger partial charge on any atom is -0.478 e. The molecule has 0 saturated carbocycles. The van der Waals surface area contributed by atoms with Gasteiger partial charge in [0.15, 0.2) is 17.4 Å². The average molecular weight is 547 g/mol. The second-order valence-corrected chi connectivity index (χ2v) is 8.95. The molecule has 1 aliphatic rings. The van der Waals surface area contributed by atoms with Crippen LogP contribution in [0.1, 0.15) is 30.6 Å². The van der Waals surface area contributed by atoms with Crippen molar-refractivity contribution >= 4 is 51.5 Å². The monoisotopic (exact) mass is 546 g/mol. The highest BCUT2D eigenvalue weighted by Crippen LogP contribution is 2.41. The maximum atomic E-state index is 14.0. The molecule has 3 heterocycles. The summed E-state index contributed by atoms with van der Waals surface area (Å²) in [6.45, 7) is 1.60. The highest BCUT2D eigenvalue weighted by molar-refractivity contribution is 6.36. The largest absolute Gasteiger partial charge is 0.478 e. The molecular formula is C23H20Cl2F4N4O3. The highest BCUT2D eigenvalue weighted by atomic mass is 35.5. The Morgan fingerprint density at radius 2 is 2.03 bits per heavy atom. The SMILES string of the molecule is C[C@@H](Oc1c(N)ncc2c(C3=CCN(C(=O)C(N)C(F)(F)F)CC3)coc12)c1c(Cl)ccc(F)c1Cl. The number of carbonyl (C=O) groups excluding carboxylic acids is 1. The van der Waals surface area contributed by atoms with Crippen LogP contribution >= 0.6 is 23.2 Å². The Labute approximate surface area is 212 Å². The van der Waals surface area contributed by atoms with Gasteiger partial charge in [-0.15, -0.1) is 0 Å². The molecule has 13 heteroatoms. The number of rotatable bonds is 5. The molecule has 0 saturated heterocycles. The number of carbonyl (C=O) groups is 1. The molecule has 0 fully saturated rings. The summed E-state index contributed by atoms with van der Waals surface area (Å²) in [5.41, 5.74) is 12.9. The van der Waals surface area contributed by atoms with Crippen molar-refractivity contribution in [3.05, 3.63) is 57.7 Å². The molecule has 4 rings (SSSR count). The smallest absolute Gasteiger partial charge is 0.412 e. The van der Waals surface area contributed by atoms with Crippen LogP contribution in [-0.2, 0) is 4.79 Å². The van der Waals surface area contributed by atoms with Gasteiger partial charge in [-0.25, -0.2) is 9.37 Å². The predicted molar refractivity (Wildman–Crippen MR) is 127 cm³/mol. The number of ether oxygens (including phenoxy) is 1. The van der Waals surface area contributed by atoms with E-state index in [2.05, 4.69) is 4.98 Å². The van der Waals surface area contributed by atoms with Crippen LogP contribution in [0.25, 0.3) is 16.5 Å². The van der Waals surface area contributed by atoms with Gasteiger partial charge >= 0.3 is 6.18 Å². The summed E-state index contributed by atoms with van der Waals surface area (Å²) in [5, 5.41) is 0.538. The number of nitrogens with zero attached hydrogens (tertiary/aromatic N) is 2. The third-order valence-electron chi connectivity index (χ3n) is 5.87. The van der Waals surface area contributed by atoms with Gasteiger partial charge in [0.1, 0.15) is 11.9 Å². The summed E-state index contributed by atoms with van der Waals surface area (Å²) < 4.78 is 64.1. The van der Waals surface area contributed by atoms with Crippen LogP contribution in [0.15, 0.2) is 35.1 Å². The minimum absolute atomic E-state index is 0.00873. The molecule has 1 unspecified atom stereocenters. The van der Waals surface area contributed by atoms with E-state index in [1.165, 1.54) is 18.5 Å². The van der Waals surface area contributed by atoms with Crippen LogP contribution in [0, 0.1) is 5.82 Å². The number of nitrogen functional groups attached to an aromatic ring is 1. The van der Waals surface area contributed by atoms with Crippen LogP contribution in [0.3, 0.4) is 0 Å². The number of aromatic nitrogens is 1. The van der Waals surface area contributed by atoms with E-state index in [4.69, 9.17) is 43.8 Å². The fourth-order valence-electron chi connectivity index (χ4n) is 3.94. The van der Waals surface area contributed by atoms with Crippen LogP contribution in [-0.4, -0.2) is 41.1 Å². The zero-order valence-electron chi connectivity index (χ0n) is 18.7. The molecule has 1 aliphatic heterocycles. The highest BCUT2D eigenvalue weighted by Gasteiger charge is 2.44. The summed E-state index contributed by atoms with van der Waals surface area (Å²) in [6, 6.07) is -0.0769. The van der Waals surface area contributed by atoms with E-state index < -0.39 is 30.0 Å². The maximum Gasteiger partial charge on any atom is 0.412 e. The lowest BCUT2D eigenvalue weighted by molar-refractivity contribution is -0.169. The maximum absolute atomic E-state index is 14.0. The molecule has 0 bridgehead atoms. The number of amides is 1. The second kappa shape index (κ2) is 9.79. The predicted octanol–water partition coefficient (Wildman–Crippen LogP) is 5.50. The Morgan fingerprint density at radius 1 is 1.31 bits per heavy atom. The Morgan fingerprint density at radius 3 is 2.67 bits per heavy atom. The molecule has 2 aromatic heterocycles. The number of hydrogen-bond donors (Lipinski definition) is 2. The summed E-state index contributed by atoms with van der Waals surface area (Å²) in [6.07, 6.45) is -0.842. The average Bonchev–Trinajstić information content (AvgIpc) is 3.26. The number of furan rings is 1. The molecule has 4 N–H and O–H groups in total. The van der Waals surface area contributed by atoms with E-state index in [1.807, 2.05) is 0 Å². The summed E-state index contributed by atoms with van der Waals surface area (Å²) in [7, 11) is 0. The number of fused-ring (bicyclic) bond motifs is 1. The number of benzene rings is 1. The first-order valence-corrected chi connectivity index (χ1v) is 11.4. The topological polar surface area (TPSA) is 108 Å². The van der Waals surface area contributed by atoms with Gasteiger partial charge in [-0.1, -0.05) is 29.3 Å². The van der Waals surface area contributed by atoms with Gasteiger partial charge in [0.05, 0.1) is 16.7 Å². The molecule has 1 amide bonds. The molecule has 0 aliphatic carbocycles. The van der Waals surface area contributed by atoms with E-state index in [0.717, 1.165) is 16.5 Å². The van der Waals surface area contributed by atoms with Crippen LogP contribution in [0.4, 0.5) is 23.4 Å². The van der Waals surface area contributed by atoms with E-state index >= 15 is 0 Å². The van der Waals surface area contributed by atoms with Crippen molar-refractivity contribution < 1.29 is 31.5 Å². The lowest BCUT2D eigenvalue weighted by atomic mass is 9.99. The zero-order chi connectivity index (χ0) is 26.4. The molecule has 0 spiro atoms. The number of nitrogens with two attached hydrogens (primary N) is 2. The third-order valence-corrected chi connectivity index (χ3v) is 6.58. The Hall–Kier alpha value is -3.02. The fourth-order valence-corrected chi connectivity index (χ4v) is 4.62. The first-order chi connectivity index (χ1) is 16.9. The van der Waals surface area contributed by atoms with Gasteiger partial charge in [0.2, 0.25) is 11.7 Å². The van der Waals surface area contributed by atoms with Crippen molar-refractivity contribution in [3.8, 4) is 5.75 Å². The molecule has 7 nitrogen and oxygen atoms in total. The van der Waals surface area contributed by atoms with Crippen LogP contribution < -0.4 is 16.2 Å². The van der Waals surface area contributed by atoms with Crippen LogP contribution in [0.2, 0.25) is 10.0 Å². The first-order valence-electron chi connectivity index (χ1n) is 10.7. The Bertz CT molecular complexity index is 1360. The summed E-state index contributed by atoms with van der Waals surface area (Å²) >= 11 is 12.3. The standard InChI is InChI=1S/C23H20Cl2F4N4O3/c1-10(16-14(24)2-3-15(26)17(16)25)36-19-18-12(8-32-21(19)31)13(9-35-18)11-4-6-33(7-5-11)22(34)20(30)23(27,28)29/h2-4,8-10,20H,5-7,30H2,1H3,(H2,31,32)/t10-,20?/m1/s1. The fraction of sp³-hybridized carbons (Fsp3) is 0.304. The van der Waals surface area contributed by atoms with Crippen molar-refractivity contribution in [2.45, 2.75) is 31.7 Å². The molecule has 0 radical (unpaired) electrons. The molecule has 1 aromatic carbocycles. The minimum atomic E-state index is -4.82. The molecule has 3 aromatic rings. The quantitative estimate of drug-likeness (QED) is 0.323. The van der Waals surface area contributed by atoms with Crippen molar-refractivity contribution in [1.82, 2.24) is 9.88 Å². The van der Waals surface area contributed by atoms with E-state index in [9.17, 15) is 22.4 Å². The van der Waals surface area contributed by atoms with Gasteiger partial charge in [-0.3, -0.25) is 4.79 Å². The third kappa shape index (κ3) is 4.82. The van der Waals surface area contributed by atoms with E-state index in [-0.39, 0.29) is 52.3 Å². The van der Waals surface area contributed by atoms with Crippen LogP contribution in [0.5, 0.6) is 5.75 Å². The number of halogens is 6. The second-order valence-electron chi connectivity index (χ2n) is 8.16.